The first-order valence-electron chi connectivity index (χ1n) is 9.95. The Kier molecular flexibility index (Phi) is 5.84. The molecule has 0 saturated carbocycles. The van der Waals surface area contributed by atoms with Crippen LogP contribution in [0.2, 0.25) is 10.2 Å². The van der Waals surface area contributed by atoms with Crippen molar-refractivity contribution in [2.45, 2.75) is 38.3 Å². The van der Waals surface area contributed by atoms with Crippen LogP contribution in [0.5, 0.6) is 0 Å². The first-order chi connectivity index (χ1) is 14.3. The average molecular weight is 449 g/mol. The molecule has 30 heavy (non-hydrogen) atoms. The Labute approximate surface area is 184 Å². The Balaban J connectivity index is 1.42. The van der Waals surface area contributed by atoms with Crippen molar-refractivity contribution in [1.29, 1.82) is 0 Å². The summed E-state index contributed by atoms with van der Waals surface area (Å²) in [5.41, 5.74) is 1.08. The minimum Gasteiger partial charge on any atom is -0.353 e. The summed E-state index contributed by atoms with van der Waals surface area (Å²) in [6.45, 7) is 3.30. The van der Waals surface area contributed by atoms with E-state index in [1.807, 2.05) is 6.92 Å². The van der Waals surface area contributed by atoms with Crippen LogP contribution < -0.4 is 5.32 Å². The predicted molar refractivity (Wildman–Crippen MR) is 115 cm³/mol. The fourth-order valence-corrected chi connectivity index (χ4v) is 4.66. The van der Waals surface area contributed by atoms with E-state index in [0.717, 1.165) is 5.39 Å². The molecule has 1 N–H and O–H groups in total. The zero-order valence-corrected chi connectivity index (χ0v) is 18.0. The van der Waals surface area contributed by atoms with Gasteiger partial charge in [-0.25, -0.2) is 4.98 Å². The van der Waals surface area contributed by atoms with E-state index in [-0.39, 0.29) is 35.0 Å². The molecule has 4 rings (SSSR count). The standard InChI is InChI=1S/C21H22Cl2N4O3/c1-12-11-26(6-7-27(12)20(29)9-14-3-5-19(28)24-14)21(30)13-2-4-15-16(22)10-18(23)25-17(15)8-13/h2,4,8,10,12,14H,3,5-7,9,11H2,1H3,(H,24,28). The van der Waals surface area contributed by atoms with Crippen molar-refractivity contribution < 1.29 is 14.4 Å². The van der Waals surface area contributed by atoms with E-state index in [9.17, 15) is 14.4 Å². The topological polar surface area (TPSA) is 82.6 Å². The molecule has 3 amide bonds. The van der Waals surface area contributed by atoms with Crippen LogP contribution >= 0.6 is 23.2 Å². The molecule has 7 nitrogen and oxygen atoms in total. The van der Waals surface area contributed by atoms with E-state index in [2.05, 4.69) is 10.3 Å². The lowest BCUT2D eigenvalue weighted by atomic mass is 10.1. The van der Waals surface area contributed by atoms with Gasteiger partial charge in [0.15, 0.2) is 0 Å². The molecular formula is C21H22Cl2N4O3. The fraction of sp³-hybridized carbons (Fsp3) is 0.429. The summed E-state index contributed by atoms with van der Waals surface area (Å²) in [4.78, 5) is 44.9. The van der Waals surface area contributed by atoms with Gasteiger partial charge in [0.2, 0.25) is 11.8 Å². The minimum atomic E-state index is -0.114. The first-order valence-corrected chi connectivity index (χ1v) is 10.7. The number of nitrogens with one attached hydrogen (secondary N) is 1. The Bertz CT molecular complexity index is 1030. The van der Waals surface area contributed by atoms with Crippen LogP contribution in [0, 0.1) is 0 Å². The highest BCUT2D eigenvalue weighted by Gasteiger charge is 2.32. The molecule has 9 heteroatoms. The molecule has 2 unspecified atom stereocenters. The lowest BCUT2D eigenvalue weighted by Gasteiger charge is -2.40. The third kappa shape index (κ3) is 4.23. The first kappa shape index (κ1) is 20.9. The second-order valence-electron chi connectivity index (χ2n) is 7.85. The third-order valence-corrected chi connectivity index (χ3v) is 6.22. The van der Waals surface area contributed by atoms with Crippen LogP contribution in [0.25, 0.3) is 10.9 Å². The molecule has 0 aliphatic carbocycles. The van der Waals surface area contributed by atoms with Crippen LogP contribution in [0.4, 0.5) is 0 Å². The number of hydrogen-bond acceptors (Lipinski definition) is 4. The van der Waals surface area contributed by atoms with Crippen LogP contribution in [-0.4, -0.2) is 64.2 Å². The molecule has 3 heterocycles. The van der Waals surface area contributed by atoms with Gasteiger partial charge in [0.1, 0.15) is 5.15 Å². The maximum atomic E-state index is 13.0. The number of aromatic nitrogens is 1. The van der Waals surface area contributed by atoms with Gasteiger partial charge in [-0.05, 0) is 31.5 Å². The van der Waals surface area contributed by atoms with Gasteiger partial charge < -0.3 is 15.1 Å². The van der Waals surface area contributed by atoms with Gasteiger partial charge in [-0.1, -0.05) is 29.3 Å². The summed E-state index contributed by atoms with van der Waals surface area (Å²) < 4.78 is 0. The number of hydrogen-bond donors (Lipinski definition) is 1. The van der Waals surface area contributed by atoms with Crippen molar-refractivity contribution in [3.05, 3.63) is 40.0 Å². The highest BCUT2D eigenvalue weighted by molar-refractivity contribution is 6.37. The lowest BCUT2D eigenvalue weighted by molar-refractivity contribution is -0.135. The lowest BCUT2D eigenvalue weighted by Crippen LogP contribution is -2.56. The second-order valence-corrected chi connectivity index (χ2v) is 8.65. The van der Waals surface area contributed by atoms with Crippen molar-refractivity contribution in [1.82, 2.24) is 20.1 Å². The third-order valence-electron chi connectivity index (χ3n) is 5.72. The Hall–Kier alpha value is -2.38. The smallest absolute Gasteiger partial charge is 0.254 e. The normalized spacial score (nSPS) is 21.8. The maximum absolute atomic E-state index is 13.0. The highest BCUT2D eigenvalue weighted by atomic mass is 35.5. The van der Waals surface area contributed by atoms with Gasteiger partial charge >= 0.3 is 0 Å². The van der Waals surface area contributed by atoms with Gasteiger partial charge in [0.05, 0.1) is 10.5 Å². The van der Waals surface area contributed by atoms with Crippen molar-refractivity contribution >= 4 is 51.8 Å². The summed E-state index contributed by atoms with van der Waals surface area (Å²) >= 11 is 12.2. The second kappa shape index (κ2) is 8.40. The van der Waals surface area contributed by atoms with Gasteiger partial charge in [-0.3, -0.25) is 14.4 Å². The molecule has 0 spiro atoms. The van der Waals surface area contributed by atoms with Crippen molar-refractivity contribution in [3.63, 3.8) is 0 Å². The molecule has 0 bridgehead atoms. The van der Waals surface area contributed by atoms with Gasteiger partial charge in [0.25, 0.3) is 5.91 Å². The number of pyridine rings is 1. The van der Waals surface area contributed by atoms with Crippen LogP contribution in [0.1, 0.15) is 36.5 Å². The molecule has 2 aliphatic heterocycles. The van der Waals surface area contributed by atoms with E-state index in [1.54, 1.807) is 34.1 Å². The van der Waals surface area contributed by atoms with Gasteiger partial charge in [-0.2, -0.15) is 0 Å². The van der Waals surface area contributed by atoms with Crippen molar-refractivity contribution in [3.8, 4) is 0 Å². The quantitative estimate of drug-likeness (QED) is 0.731. The largest absolute Gasteiger partial charge is 0.353 e. The molecule has 0 radical (unpaired) electrons. The summed E-state index contributed by atoms with van der Waals surface area (Å²) in [6.07, 6.45) is 1.48. The maximum Gasteiger partial charge on any atom is 0.254 e. The number of fused-ring (bicyclic) bond motifs is 1. The van der Waals surface area contributed by atoms with E-state index in [4.69, 9.17) is 23.2 Å². The zero-order chi connectivity index (χ0) is 21.4. The molecule has 2 saturated heterocycles. The van der Waals surface area contributed by atoms with E-state index < -0.39 is 0 Å². The summed E-state index contributed by atoms with van der Waals surface area (Å²) in [5, 5.41) is 4.33. The number of halogens is 2. The predicted octanol–water partition coefficient (Wildman–Crippen LogP) is 2.88. The molecule has 2 aliphatic rings. The molecule has 1 aromatic carbocycles. The number of benzene rings is 1. The van der Waals surface area contributed by atoms with E-state index >= 15 is 0 Å². The number of piperazine rings is 1. The van der Waals surface area contributed by atoms with Crippen molar-refractivity contribution in [2.24, 2.45) is 0 Å². The summed E-state index contributed by atoms with van der Waals surface area (Å²) in [5.74, 6) is -0.0958. The van der Waals surface area contributed by atoms with Crippen molar-refractivity contribution in [2.75, 3.05) is 19.6 Å². The minimum absolute atomic E-state index is 0.00344. The molecular weight excluding hydrogens is 427 g/mol. The van der Waals surface area contributed by atoms with Gasteiger partial charge in [0, 0.05) is 55.5 Å². The van der Waals surface area contributed by atoms with E-state index in [1.165, 1.54) is 0 Å². The SMILES string of the molecule is CC1CN(C(=O)c2ccc3c(Cl)cc(Cl)nc3c2)CCN1C(=O)CC1CCC(=O)N1. The number of amides is 3. The molecule has 2 atom stereocenters. The summed E-state index contributed by atoms with van der Waals surface area (Å²) in [7, 11) is 0. The number of carbonyl (C=O) groups excluding carboxylic acids is 3. The molecule has 1 aromatic heterocycles. The number of carbonyl (C=O) groups is 3. The number of nitrogens with zero attached hydrogens (tertiary/aromatic N) is 3. The zero-order valence-electron chi connectivity index (χ0n) is 16.5. The Morgan fingerprint density at radius 1 is 1.23 bits per heavy atom. The van der Waals surface area contributed by atoms with Crippen LogP contribution in [0.15, 0.2) is 24.3 Å². The fourth-order valence-electron chi connectivity index (χ4n) is 4.14. The monoisotopic (exact) mass is 448 g/mol. The van der Waals surface area contributed by atoms with E-state index in [0.29, 0.717) is 55.0 Å². The molecule has 2 aromatic rings. The van der Waals surface area contributed by atoms with Crippen LogP contribution in [-0.2, 0) is 9.59 Å². The Morgan fingerprint density at radius 2 is 2.03 bits per heavy atom. The number of rotatable bonds is 3. The molecule has 2 fully saturated rings. The van der Waals surface area contributed by atoms with Gasteiger partial charge in [-0.15, -0.1) is 0 Å². The Morgan fingerprint density at radius 3 is 2.73 bits per heavy atom. The highest BCUT2D eigenvalue weighted by Crippen LogP contribution is 2.26. The van der Waals surface area contributed by atoms with Crippen LogP contribution in [0.3, 0.4) is 0 Å². The summed E-state index contributed by atoms with van der Waals surface area (Å²) in [6, 6.07) is 6.59. The molecule has 158 valence electrons. The average Bonchev–Trinajstić information content (AvgIpc) is 3.11.